The molecule has 1 heterocycles. The van der Waals surface area contributed by atoms with Crippen LogP contribution in [0.3, 0.4) is 0 Å². The molecule has 1 aliphatic heterocycles. The summed E-state index contributed by atoms with van der Waals surface area (Å²) < 4.78 is 5.20. The van der Waals surface area contributed by atoms with Gasteiger partial charge in [-0.25, -0.2) is 0 Å². The fourth-order valence-corrected chi connectivity index (χ4v) is 2.41. The second-order valence-corrected chi connectivity index (χ2v) is 5.09. The van der Waals surface area contributed by atoms with E-state index in [2.05, 4.69) is 5.32 Å². The van der Waals surface area contributed by atoms with Crippen molar-refractivity contribution >= 4 is 22.4 Å². The van der Waals surface area contributed by atoms with Gasteiger partial charge in [-0.2, -0.15) is 0 Å². The number of phenols is 1. The minimum Gasteiger partial charge on any atom is -0.507 e. The maximum atomic E-state index is 12.3. The third kappa shape index (κ3) is 2.11. The average molecular weight is 272 g/mol. The lowest BCUT2D eigenvalue weighted by Gasteiger charge is -2.21. The van der Waals surface area contributed by atoms with E-state index in [0.717, 1.165) is 5.39 Å². The van der Waals surface area contributed by atoms with Gasteiger partial charge in [-0.3, -0.25) is 4.79 Å². The van der Waals surface area contributed by atoms with E-state index in [1.807, 2.05) is 6.07 Å². The van der Waals surface area contributed by atoms with Gasteiger partial charge in [0, 0.05) is 23.1 Å². The van der Waals surface area contributed by atoms with Gasteiger partial charge >= 0.3 is 0 Å². The molecule has 1 atom stereocenters. The molecule has 0 saturated carbocycles. The third-order valence-corrected chi connectivity index (χ3v) is 3.65. The van der Waals surface area contributed by atoms with Gasteiger partial charge in [0.15, 0.2) is 0 Å². The lowest BCUT2D eigenvalue weighted by molar-refractivity contribution is -0.121. The maximum Gasteiger partial charge on any atom is 0.246 e. The number of aromatic hydroxyl groups is 1. The molecule has 3 rings (SSSR count). The third-order valence-electron chi connectivity index (χ3n) is 3.65. The molecule has 1 aliphatic rings. The Hall–Kier alpha value is -2.11. The number of nitrogens with two attached hydrogens (primary N) is 1. The molecule has 2 aromatic rings. The van der Waals surface area contributed by atoms with Crippen molar-refractivity contribution in [2.24, 2.45) is 5.73 Å². The molecule has 0 radical (unpaired) electrons. The summed E-state index contributed by atoms with van der Waals surface area (Å²) in [7, 11) is 0. The molecule has 4 N–H and O–H groups in total. The van der Waals surface area contributed by atoms with E-state index in [9.17, 15) is 9.90 Å². The Labute approximate surface area is 116 Å². The van der Waals surface area contributed by atoms with E-state index in [0.29, 0.717) is 24.1 Å². The molecule has 104 valence electrons. The zero-order chi connectivity index (χ0) is 14.2. The molecule has 0 bridgehead atoms. The van der Waals surface area contributed by atoms with E-state index < -0.39 is 5.54 Å². The van der Waals surface area contributed by atoms with Crippen LogP contribution < -0.4 is 11.1 Å². The number of hydrogen-bond acceptors (Lipinski definition) is 4. The summed E-state index contributed by atoms with van der Waals surface area (Å²) in [4.78, 5) is 12.3. The minimum absolute atomic E-state index is 0.185. The van der Waals surface area contributed by atoms with Crippen LogP contribution in [0.25, 0.3) is 10.8 Å². The number of amides is 1. The van der Waals surface area contributed by atoms with E-state index in [1.54, 1.807) is 30.3 Å². The Bertz CT molecular complexity index is 663. The van der Waals surface area contributed by atoms with Crippen LogP contribution in [0.4, 0.5) is 5.69 Å². The Morgan fingerprint density at radius 3 is 2.75 bits per heavy atom. The Balaban J connectivity index is 1.95. The number of phenolic OH excluding ortho intramolecular Hbond substituents is 1. The molecule has 1 fully saturated rings. The second-order valence-electron chi connectivity index (χ2n) is 5.09. The lowest BCUT2D eigenvalue weighted by Crippen LogP contribution is -2.51. The quantitative estimate of drug-likeness (QED) is 0.775. The normalized spacial score (nSPS) is 22.1. The average Bonchev–Trinajstić information content (AvgIpc) is 2.88. The van der Waals surface area contributed by atoms with Crippen LogP contribution in [0.5, 0.6) is 5.75 Å². The maximum absolute atomic E-state index is 12.3. The van der Waals surface area contributed by atoms with Gasteiger partial charge < -0.3 is 20.9 Å². The highest BCUT2D eigenvalue weighted by molar-refractivity contribution is 6.06. The number of carbonyl (C=O) groups excluding carboxylic acids is 1. The largest absolute Gasteiger partial charge is 0.507 e. The van der Waals surface area contributed by atoms with Crippen molar-refractivity contribution in [2.75, 3.05) is 18.5 Å². The first kappa shape index (κ1) is 12.9. The molecule has 5 heteroatoms. The van der Waals surface area contributed by atoms with E-state index in [-0.39, 0.29) is 18.3 Å². The summed E-state index contributed by atoms with van der Waals surface area (Å²) in [6, 6.07) is 10.6. The molecule has 2 aromatic carbocycles. The van der Waals surface area contributed by atoms with Gasteiger partial charge in [-0.15, -0.1) is 0 Å². The van der Waals surface area contributed by atoms with Crippen molar-refractivity contribution in [3.63, 3.8) is 0 Å². The van der Waals surface area contributed by atoms with Crippen LogP contribution in [0.15, 0.2) is 36.4 Å². The van der Waals surface area contributed by atoms with Crippen molar-refractivity contribution in [3.8, 4) is 5.75 Å². The summed E-state index contributed by atoms with van der Waals surface area (Å²) in [6.45, 7) is 0.731. The molecule has 0 aliphatic carbocycles. The molecule has 1 saturated heterocycles. The monoisotopic (exact) mass is 272 g/mol. The molecule has 1 amide bonds. The van der Waals surface area contributed by atoms with Crippen LogP contribution in [0.2, 0.25) is 0 Å². The number of fused-ring (bicyclic) bond motifs is 1. The summed E-state index contributed by atoms with van der Waals surface area (Å²) in [5.41, 5.74) is 5.70. The standard InChI is InChI=1S/C15H16N2O3/c16-15(7-8-20-9-15)14(19)17-12-5-1-4-11-10(12)3-2-6-13(11)18/h1-6,18H,7-9,16H2,(H,17,19). The van der Waals surface area contributed by atoms with Crippen molar-refractivity contribution in [1.29, 1.82) is 0 Å². The SMILES string of the molecule is NC1(C(=O)Nc2cccc3c(O)cccc23)CCOC1. The smallest absolute Gasteiger partial charge is 0.246 e. The number of carbonyl (C=O) groups is 1. The molecular formula is C15H16N2O3. The number of benzene rings is 2. The molecule has 0 aromatic heterocycles. The Morgan fingerprint density at radius 2 is 2.00 bits per heavy atom. The molecule has 0 spiro atoms. The van der Waals surface area contributed by atoms with Crippen LogP contribution in [0.1, 0.15) is 6.42 Å². The van der Waals surface area contributed by atoms with Crippen LogP contribution >= 0.6 is 0 Å². The molecular weight excluding hydrogens is 256 g/mol. The topological polar surface area (TPSA) is 84.6 Å². The van der Waals surface area contributed by atoms with E-state index in [4.69, 9.17) is 10.5 Å². The number of anilines is 1. The first-order valence-corrected chi connectivity index (χ1v) is 6.49. The summed E-state index contributed by atoms with van der Waals surface area (Å²) in [6.07, 6.45) is 0.509. The van der Waals surface area contributed by atoms with E-state index >= 15 is 0 Å². The Morgan fingerprint density at radius 1 is 1.25 bits per heavy atom. The van der Waals surface area contributed by atoms with Crippen LogP contribution in [0, 0.1) is 0 Å². The van der Waals surface area contributed by atoms with Crippen LogP contribution in [-0.2, 0) is 9.53 Å². The predicted octanol–water partition coefficient (Wildman–Crippen LogP) is 1.60. The first-order chi connectivity index (χ1) is 9.60. The highest BCUT2D eigenvalue weighted by Gasteiger charge is 2.38. The van der Waals surface area contributed by atoms with Crippen LogP contribution in [-0.4, -0.2) is 29.8 Å². The predicted molar refractivity (Wildman–Crippen MR) is 76.6 cm³/mol. The number of rotatable bonds is 2. The molecule has 20 heavy (non-hydrogen) atoms. The van der Waals surface area contributed by atoms with Crippen molar-refractivity contribution in [2.45, 2.75) is 12.0 Å². The molecule has 5 nitrogen and oxygen atoms in total. The van der Waals surface area contributed by atoms with Gasteiger partial charge in [0.1, 0.15) is 11.3 Å². The van der Waals surface area contributed by atoms with Crippen molar-refractivity contribution in [3.05, 3.63) is 36.4 Å². The van der Waals surface area contributed by atoms with Crippen molar-refractivity contribution < 1.29 is 14.6 Å². The Kier molecular flexibility index (Phi) is 3.08. The second kappa shape index (κ2) is 4.77. The summed E-state index contributed by atoms with van der Waals surface area (Å²) in [5, 5.41) is 14.1. The molecule has 1 unspecified atom stereocenters. The van der Waals surface area contributed by atoms with Gasteiger partial charge in [0.25, 0.3) is 0 Å². The van der Waals surface area contributed by atoms with Gasteiger partial charge in [-0.1, -0.05) is 24.3 Å². The highest BCUT2D eigenvalue weighted by Crippen LogP contribution is 2.30. The first-order valence-electron chi connectivity index (χ1n) is 6.49. The number of nitrogens with one attached hydrogen (secondary N) is 1. The highest BCUT2D eigenvalue weighted by atomic mass is 16.5. The zero-order valence-electron chi connectivity index (χ0n) is 10.9. The van der Waals surface area contributed by atoms with Gasteiger partial charge in [-0.05, 0) is 18.6 Å². The zero-order valence-corrected chi connectivity index (χ0v) is 10.9. The lowest BCUT2D eigenvalue weighted by atomic mass is 9.98. The fourth-order valence-electron chi connectivity index (χ4n) is 2.41. The van der Waals surface area contributed by atoms with Gasteiger partial charge in [0.2, 0.25) is 5.91 Å². The summed E-state index contributed by atoms with van der Waals surface area (Å²) >= 11 is 0. The fraction of sp³-hybridized carbons (Fsp3) is 0.267. The number of ether oxygens (including phenoxy) is 1. The summed E-state index contributed by atoms with van der Waals surface area (Å²) in [5.74, 6) is -0.0731. The minimum atomic E-state index is -0.973. The number of hydrogen-bond donors (Lipinski definition) is 3. The van der Waals surface area contributed by atoms with Crippen molar-refractivity contribution in [1.82, 2.24) is 0 Å². The van der Waals surface area contributed by atoms with Gasteiger partial charge in [0.05, 0.1) is 6.61 Å². The van der Waals surface area contributed by atoms with E-state index in [1.165, 1.54) is 0 Å².